The minimum absolute atomic E-state index is 0.0836. The summed E-state index contributed by atoms with van der Waals surface area (Å²) in [7, 11) is 0. The maximum atomic E-state index is 11.0. The highest BCUT2D eigenvalue weighted by molar-refractivity contribution is 5.90. The van der Waals surface area contributed by atoms with Crippen LogP contribution in [0, 0.1) is 6.92 Å². The summed E-state index contributed by atoms with van der Waals surface area (Å²) in [5.41, 5.74) is 0.651. The van der Waals surface area contributed by atoms with E-state index in [-0.39, 0.29) is 17.1 Å². The number of carboxylic acid groups (broad SMARTS) is 1. The van der Waals surface area contributed by atoms with Gasteiger partial charge in [0.1, 0.15) is 22.8 Å². The molecule has 0 saturated carbocycles. The monoisotopic (exact) mass is 244 g/mol. The highest BCUT2D eigenvalue weighted by Crippen LogP contribution is 2.31. The lowest BCUT2D eigenvalue weighted by atomic mass is 10.2. The number of aromatic carboxylic acids is 1. The number of hydrogen-bond acceptors (Lipinski definition) is 3. The largest absolute Gasteiger partial charge is 0.508 e. The molecule has 0 aliphatic carbocycles. The summed E-state index contributed by atoms with van der Waals surface area (Å²) in [4.78, 5) is 11.0. The van der Waals surface area contributed by atoms with Crippen LogP contribution in [-0.4, -0.2) is 16.2 Å². The van der Waals surface area contributed by atoms with Gasteiger partial charge in [0.2, 0.25) is 0 Å². The van der Waals surface area contributed by atoms with Gasteiger partial charge < -0.3 is 14.9 Å². The van der Waals surface area contributed by atoms with E-state index in [1.807, 2.05) is 0 Å². The Kier molecular flexibility index (Phi) is 3.19. The highest BCUT2D eigenvalue weighted by atomic mass is 16.5. The van der Waals surface area contributed by atoms with Crippen molar-refractivity contribution < 1.29 is 19.7 Å². The first kappa shape index (κ1) is 12.0. The maximum absolute atomic E-state index is 11.0. The second-order valence-corrected chi connectivity index (χ2v) is 3.80. The first-order chi connectivity index (χ1) is 8.59. The summed E-state index contributed by atoms with van der Waals surface area (Å²) in [5.74, 6) is -0.258. The van der Waals surface area contributed by atoms with Gasteiger partial charge in [0, 0.05) is 5.56 Å². The van der Waals surface area contributed by atoms with E-state index in [0.29, 0.717) is 11.3 Å². The predicted molar refractivity (Wildman–Crippen MR) is 66.3 cm³/mol. The van der Waals surface area contributed by atoms with Crippen LogP contribution in [0.4, 0.5) is 0 Å². The summed E-state index contributed by atoms with van der Waals surface area (Å²) in [6, 6.07) is 11.2. The lowest BCUT2D eigenvalue weighted by molar-refractivity contribution is 0.0694. The van der Waals surface area contributed by atoms with Crippen molar-refractivity contribution in [2.24, 2.45) is 0 Å². The average molecular weight is 244 g/mol. The summed E-state index contributed by atoms with van der Waals surface area (Å²) in [6.45, 7) is 1.70. The molecule has 0 atom stereocenters. The van der Waals surface area contributed by atoms with E-state index in [9.17, 15) is 9.90 Å². The van der Waals surface area contributed by atoms with E-state index < -0.39 is 5.97 Å². The molecule has 2 N–H and O–H groups in total. The van der Waals surface area contributed by atoms with Gasteiger partial charge in [-0.15, -0.1) is 0 Å². The normalized spacial score (nSPS) is 10.1. The van der Waals surface area contributed by atoms with Crippen molar-refractivity contribution >= 4 is 5.97 Å². The van der Waals surface area contributed by atoms with Gasteiger partial charge in [0.15, 0.2) is 0 Å². The van der Waals surface area contributed by atoms with Crippen LogP contribution in [0.3, 0.4) is 0 Å². The molecule has 2 rings (SSSR count). The van der Waals surface area contributed by atoms with Gasteiger partial charge in [-0.1, -0.05) is 18.2 Å². The molecule has 0 aliphatic heterocycles. The molecule has 0 bridgehead atoms. The van der Waals surface area contributed by atoms with E-state index in [2.05, 4.69) is 0 Å². The van der Waals surface area contributed by atoms with Crippen LogP contribution >= 0.6 is 0 Å². The van der Waals surface area contributed by atoms with Crippen LogP contribution in [0.25, 0.3) is 0 Å². The molecule has 0 radical (unpaired) electrons. The lowest BCUT2D eigenvalue weighted by Gasteiger charge is -2.11. The third kappa shape index (κ3) is 2.27. The Morgan fingerprint density at radius 2 is 1.72 bits per heavy atom. The Bertz CT molecular complexity index is 590. The van der Waals surface area contributed by atoms with Crippen molar-refractivity contribution in [1.82, 2.24) is 0 Å². The van der Waals surface area contributed by atoms with Crippen LogP contribution in [0.2, 0.25) is 0 Å². The van der Waals surface area contributed by atoms with Crippen molar-refractivity contribution in [2.75, 3.05) is 0 Å². The molecule has 0 fully saturated rings. The predicted octanol–water partition coefficient (Wildman–Crippen LogP) is 3.19. The number of rotatable bonds is 3. The summed E-state index contributed by atoms with van der Waals surface area (Å²) < 4.78 is 5.54. The molecule has 92 valence electrons. The molecule has 0 aromatic heterocycles. The third-order valence-corrected chi connectivity index (χ3v) is 2.59. The molecule has 2 aromatic carbocycles. The number of ether oxygens (including phenoxy) is 1. The fourth-order valence-corrected chi connectivity index (χ4v) is 1.56. The standard InChI is InChI=1S/C14H12O4/c1-9-11(15)6-4-8-12(9)18-13-7-3-2-5-10(13)14(16)17/h2-8,15H,1H3,(H,16,17). The zero-order valence-corrected chi connectivity index (χ0v) is 9.75. The Labute approximate surface area is 104 Å². The number of benzene rings is 2. The van der Waals surface area contributed by atoms with Crippen LogP contribution in [0.1, 0.15) is 15.9 Å². The third-order valence-electron chi connectivity index (χ3n) is 2.59. The van der Waals surface area contributed by atoms with Crippen molar-refractivity contribution in [3.05, 3.63) is 53.6 Å². The lowest BCUT2D eigenvalue weighted by Crippen LogP contribution is -2.00. The molecule has 0 unspecified atom stereocenters. The second kappa shape index (κ2) is 4.79. The number of carbonyl (C=O) groups is 1. The topological polar surface area (TPSA) is 66.8 Å². The van der Waals surface area contributed by atoms with Crippen LogP contribution in [0.15, 0.2) is 42.5 Å². The van der Waals surface area contributed by atoms with Gasteiger partial charge in [-0.25, -0.2) is 4.79 Å². The smallest absolute Gasteiger partial charge is 0.339 e. The van der Waals surface area contributed by atoms with Crippen LogP contribution in [0.5, 0.6) is 17.2 Å². The Morgan fingerprint density at radius 3 is 2.44 bits per heavy atom. The summed E-state index contributed by atoms with van der Waals surface area (Å²) in [5, 5.41) is 18.6. The zero-order chi connectivity index (χ0) is 13.1. The molecule has 4 heteroatoms. The Morgan fingerprint density at radius 1 is 1.06 bits per heavy atom. The second-order valence-electron chi connectivity index (χ2n) is 3.80. The van der Waals surface area contributed by atoms with Gasteiger partial charge in [0.25, 0.3) is 0 Å². The highest BCUT2D eigenvalue weighted by Gasteiger charge is 2.12. The number of para-hydroxylation sites is 1. The van der Waals surface area contributed by atoms with Crippen molar-refractivity contribution in [3.63, 3.8) is 0 Å². The molecule has 0 amide bonds. The molecule has 4 nitrogen and oxygen atoms in total. The summed E-state index contributed by atoms with van der Waals surface area (Å²) >= 11 is 0. The number of phenolic OH excluding ortho intramolecular Hbond substituents is 1. The molecule has 0 saturated heterocycles. The molecule has 18 heavy (non-hydrogen) atoms. The van der Waals surface area contributed by atoms with Gasteiger partial charge in [-0.3, -0.25) is 0 Å². The van der Waals surface area contributed by atoms with Crippen LogP contribution < -0.4 is 4.74 Å². The van der Waals surface area contributed by atoms with E-state index >= 15 is 0 Å². The van der Waals surface area contributed by atoms with Crippen molar-refractivity contribution in [1.29, 1.82) is 0 Å². The molecule has 0 heterocycles. The van der Waals surface area contributed by atoms with Crippen molar-refractivity contribution in [3.8, 4) is 17.2 Å². The fraction of sp³-hybridized carbons (Fsp3) is 0.0714. The molecule has 0 spiro atoms. The van der Waals surface area contributed by atoms with Gasteiger partial charge in [-0.05, 0) is 31.2 Å². The maximum Gasteiger partial charge on any atom is 0.339 e. The molecule has 2 aromatic rings. The zero-order valence-electron chi connectivity index (χ0n) is 9.75. The van der Waals surface area contributed by atoms with E-state index in [1.165, 1.54) is 6.07 Å². The van der Waals surface area contributed by atoms with E-state index in [4.69, 9.17) is 9.84 Å². The minimum atomic E-state index is -1.05. The number of aromatic hydroxyl groups is 1. The number of phenols is 1. The first-order valence-corrected chi connectivity index (χ1v) is 5.38. The quantitative estimate of drug-likeness (QED) is 0.870. The number of hydrogen-bond donors (Lipinski definition) is 2. The minimum Gasteiger partial charge on any atom is -0.508 e. The number of carboxylic acids is 1. The molecule has 0 aliphatic rings. The summed E-state index contributed by atoms with van der Waals surface area (Å²) in [6.07, 6.45) is 0. The van der Waals surface area contributed by atoms with Crippen LogP contribution in [-0.2, 0) is 0 Å². The fourth-order valence-electron chi connectivity index (χ4n) is 1.56. The van der Waals surface area contributed by atoms with Gasteiger partial charge >= 0.3 is 5.97 Å². The average Bonchev–Trinajstić information content (AvgIpc) is 2.35. The van der Waals surface area contributed by atoms with Gasteiger partial charge in [0.05, 0.1) is 0 Å². The van der Waals surface area contributed by atoms with E-state index in [0.717, 1.165) is 0 Å². The van der Waals surface area contributed by atoms with Gasteiger partial charge in [-0.2, -0.15) is 0 Å². The Balaban J connectivity index is 2.40. The first-order valence-electron chi connectivity index (χ1n) is 5.38. The van der Waals surface area contributed by atoms with Crippen molar-refractivity contribution in [2.45, 2.75) is 6.92 Å². The molecular weight excluding hydrogens is 232 g/mol. The molecular formula is C14H12O4. The van der Waals surface area contributed by atoms with E-state index in [1.54, 1.807) is 43.3 Å². The Hall–Kier alpha value is -2.49. The SMILES string of the molecule is Cc1c(O)cccc1Oc1ccccc1C(=O)O.